The average molecular weight is 362 g/mol. The largest absolute Gasteiger partial charge is 1.00 e. The van der Waals surface area contributed by atoms with Crippen LogP contribution in [0.25, 0.3) is 0 Å². The molecule has 0 aromatic carbocycles. The van der Waals surface area contributed by atoms with E-state index in [0.717, 1.165) is 13.0 Å². The van der Waals surface area contributed by atoms with Crippen LogP contribution in [0.3, 0.4) is 0 Å². The number of carboxylic acids is 1. The fourth-order valence-corrected chi connectivity index (χ4v) is 2.77. The summed E-state index contributed by atoms with van der Waals surface area (Å²) in [5, 5.41) is 13.5. The first kappa shape index (κ1) is 27.4. The number of hydrogen-bond donors (Lipinski definition) is 1. The molecule has 0 spiro atoms. The molecular weight excluding hydrogens is 321 g/mol. The molecule has 0 aliphatic rings. The molecule has 0 saturated heterocycles. The van der Waals surface area contributed by atoms with E-state index in [0.29, 0.717) is 0 Å². The van der Waals surface area contributed by atoms with Crippen LogP contribution in [0.15, 0.2) is 12.2 Å². The number of aliphatic carboxylic acids is 1. The molecular formula is C21H40NNaO2. The molecule has 0 heterocycles. The third-order valence-electron chi connectivity index (χ3n) is 4.49. The minimum atomic E-state index is -1.01. The number of carbonyl (C=O) groups is 1. The fraction of sp³-hybridized carbons (Fsp3) is 0.857. The van der Waals surface area contributed by atoms with Crippen molar-refractivity contribution in [1.29, 1.82) is 0 Å². The molecule has 0 saturated carbocycles. The van der Waals surface area contributed by atoms with E-state index in [1.54, 1.807) is 6.92 Å². The molecule has 1 atom stereocenters. The Morgan fingerprint density at radius 3 is 1.76 bits per heavy atom. The summed E-state index contributed by atoms with van der Waals surface area (Å²) in [6, 6.07) is -0.534. The second kappa shape index (κ2) is 22.2. The summed E-state index contributed by atoms with van der Waals surface area (Å²) in [6.07, 6.45) is 22.9. The zero-order chi connectivity index (χ0) is 17.9. The minimum absolute atomic E-state index is 0. The number of hydrogen-bond acceptors (Lipinski definition) is 3. The molecule has 0 rings (SSSR count). The van der Waals surface area contributed by atoms with Crippen molar-refractivity contribution in [1.82, 2.24) is 5.32 Å². The molecule has 0 aromatic rings. The van der Waals surface area contributed by atoms with Gasteiger partial charge < -0.3 is 15.2 Å². The molecule has 1 N–H and O–H groups in total. The van der Waals surface area contributed by atoms with Crippen LogP contribution in [-0.2, 0) is 4.79 Å². The number of carboxylic acid groups (broad SMARTS) is 1. The van der Waals surface area contributed by atoms with Gasteiger partial charge in [-0.05, 0) is 45.6 Å². The number of allylic oxidation sites excluding steroid dienone is 2. The third kappa shape index (κ3) is 22.1. The van der Waals surface area contributed by atoms with Gasteiger partial charge in [-0.2, -0.15) is 0 Å². The van der Waals surface area contributed by atoms with Gasteiger partial charge in [0.1, 0.15) is 0 Å². The molecule has 0 aliphatic heterocycles. The Hall–Kier alpha value is 0.170. The van der Waals surface area contributed by atoms with Crippen molar-refractivity contribution in [2.75, 3.05) is 6.54 Å². The van der Waals surface area contributed by atoms with Crippen LogP contribution >= 0.6 is 0 Å². The summed E-state index contributed by atoms with van der Waals surface area (Å²) in [4.78, 5) is 10.5. The van der Waals surface area contributed by atoms with Crippen LogP contribution in [0.1, 0.15) is 104 Å². The minimum Gasteiger partial charge on any atom is -0.548 e. The summed E-state index contributed by atoms with van der Waals surface area (Å²) < 4.78 is 0. The molecule has 0 fully saturated rings. The Bertz CT molecular complexity index is 308. The van der Waals surface area contributed by atoms with Crippen molar-refractivity contribution >= 4 is 5.97 Å². The van der Waals surface area contributed by atoms with Gasteiger partial charge in [-0.3, -0.25) is 0 Å². The smallest absolute Gasteiger partial charge is 0.548 e. The van der Waals surface area contributed by atoms with E-state index in [-0.39, 0.29) is 29.6 Å². The van der Waals surface area contributed by atoms with Crippen molar-refractivity contribution in [2.24, 2.45) is 0 Å². The van der Waals surface area contributed by atoms with Gasteiger partial charge in [0, 0.05) is 6.04 Å². The van der Waals surface area contributed by atoms with Gasteiger partial charge in [0.05, 0.1) is 5.97 Å². The molecule has 3 nitrogen and oxygen atoms in total. The van der Waals surface area contributed by atoms with Crippen molar-refractivity contribution in [3.63, 3.8) is 0 Å². The number of carbonyl (C=O) groups excluding carboxylic acids is 1. The van der Waals surface area contributed by atoms with Gasteiger partial charge in [0.25, 0.3) is 0 Å². The molecule has 0 radical (unpaired) electrons. The van der Waals surface area contributed by atoms with Crippen LogP contribution in [0, 0.1) is 0 Å². The van der Waals surface area contributed by atoms with Crippen molar-refractivity contribution in [2.45, 2.75) is 110 Å². The molecule has 25 heavy (non-hydrogen) atoms. The number of rotatable bonds is 18. The fourth-order valence-electron chi connectivity index (χ4n) is 2.77. The topological polar surface area (TPSA) is 52.2 Å². The first-order valence-electron chi connectivity index (χ1n) is 10.3. The van der Waals surface area contributed by atoms with Crippen molar-refractivity contribution < 1.29 is 39.5 Å². The Balaban J connectivity index is 0. The Labute approximate surface area is 178 Å². The van der Waals surface area contributed by atoms with Gasteiger partial charge in [-0.15, -0.1) is 0 Å². The monoisotopic (exact) mass is 361 g/mol. The predicted octanol–water partition coefficient (Wildman–Crippen LogP) is 1.76. The first-order valence-corrected chi connectivity index (χ1v) is 10.3. The normalized spacial score (nSPS) is 12.2. The Kier molecular flexibility index (Phi) is 24.3. The third-order valence-corrected chi connectivity index (χ3v) is 4.49. The summed E-state index contributed by atoms with van der Waals surface area (Å²) in [7, 11) is 0. The zero-order valence-electron chi connectivity index (χ0n) is 17.2. The second-order valence-electron chi connectivity index (χ2n) is 6.93. The second-order valence-corrected chi connectivity index (χ2v) is 6.93. The van der Waals surface area contributed by atoms with E-state index in [9.17, 15) is 9.90 Å². The summed E-state index contributed by atoms with van der Waals surface area (Å²) in [6.45, 7) is 4.67. The molecule has 4 heteroatoms. The van der Waals surface area contributed by atoms with Crippen LogP contribution in [0.2, 0.25) is 0 Å². The zero-order valence-corrected chi connectivity index (χ0v) is 19.2. The van der Waals surface area contributed by atoms with Crippen molar-refractivity contribution in [3.05, 3.63) is 12.2 Å². The van der Waals surface area contributed by atoms with Gasteiger partial charge in [-0.1, -0.05) is 76.9 Å². The Morgan fingerprint density at radius 2 is 1.28 bits per heavy atom. The number of unbranched alkanes of at least 4 members (excludes halogenated alkanes) is 12. The van der Waals surface area contributed by atoms with E-state index >= 15 is 0 Å². The van der Waals surface area contributed by atoms with Crippen LogP contribution in [0.4, 0.5) is 0 Å². The summed E-state index contributed by atoms with van der Waals surface area (Å²) in [5.74, 6) is -1.01. The predicted molar refractivity (Wildman–Crippen MR) is 102 cm³/mol. The maximum absolute atomic E-state index is 10.5. The molecule has 0 aliphatic carbocycles. The quantitative estimate of drug-likeness (QED) is 0.230. The van der Waals surface area contributed by atoms with Crippen LogP contribution < -0.4 is 40.0 Å². The van der Waals surface area contributed by atoms with Crippen LogP contribution in [-0.4, -0.2) is 18.6 Å². The van der Waals surface area contributed by atoms with Gasteiger partial charge >= 0.3 is 29.6 Å². The van der Waals surface area contributed by atoms with E-state index in [1.807, 2.05) is 0 Å². The summed E-state index contributed by atoms with van der Waals surface area (Å²) >= 11 is 0. The van der Waals surface area contributed by atoms with Crippen molar-refractivity contribution in [3.8, 4) is 0 Å². The van der Waals surface area contributed by atoms with Gasteiger partial charge in [-0.25, -0.2) is 0 Å². The molecule has 0 bridgehead atoms. The average Bonchev–Trinajstić information content (AvgIpc) is 2.57. The SMILES string of the molecule is CCCCCCCC/C=C\CCCCCCCCNC(C)C(=O)[O-].[Na+]. The maximum atomic E-state index is 10.5. The standard InChI is InChI=1S/C21H41NO2.Na/c1-3-4-5-6-7-8-9-10-11-12-13-14-15-16-17-18-19-22-20(2)21(23)24;/h10-11,20,22H,3-9,12-19H2,1-2H3,(H,23,24);/q;+1/p-1/b11-10-;. The van der Waals surface area contributed by atoms with Gasteiger partial charge in [0.15, 0.2) is 0 Å². The van der Waals surface area contributed by atoms with E-state index in [2.05, 4.69) is 24.4 Å². The molecule has 142 valence electrons. The Morgan fingerprint density at radius 1 is 0.840 bits per heavy atom. The van der Waals surface area contributed by atoms with E-state index in [1.165, 1.54) is 83.5 Å². The summed E-state index contributed by atoms with van der Waals surface area (Å²) in [5.41, 5.74) is 0. The maximum Gasteiger partial charge on any atom is 1.00 e. The van der Waals surface area contributed by atoms with E-state index < -0.39 is 12.0 Å². The van der Waals surface area contributed by atoms with Crippen LogP contribution in [0.5, 0.6) is 0 Å². The molecule has 0 aromatic heterocycles. The van der Waals surface area contributed by atoms with Gasteiger partial charge in [0.2, 0.25) is 0 Å². The first-order chi connectivity index (χ1) is 11.7. The van der Waals surface area contributed by atoms with E-state index in [4.69, 9.17) is 0 Å². The molecule has 1 unspecified atom stereocenters. The number of nitrogens with one attached hydrogen (secondary N) is 1. The molecule has 0 amide bonds.